The molecule has 0 saturated heterocycles. The van der Waals surface area contributed by atoms with Crippen molar-refractivity contribution in [3.63, 3.8) is 0 Å². The van der Waals surface area contributed by atoms with Gasteiger partial charge in [-0.3, -0.25) is 4.79 Å². The molecule has 8 nitrogen and oxygen atoms in total. The predicted molar refractivity (Wildman–Crippen MR) is 129 cm³/mol. The molecule has 0 aliphatic heterocycles. The third-order valence-electron chi connectivity index (χ3n) is 4.76. The Kier molecular flexibility index (Phi) is 6.80. The number of nitrogen functional groups attached to an aromatic ring is 1. The third-order valence-corrected chi connectivity index (χ3v) is 5.82. The topological polar surface area (TPSA) is 104 Å². The number of methoxy groups -OCH3 is 1. The number of nitrogens with zero attached hydrogens (tertiary/aromatic N) is 3. The van der Waals surface area contributed by atoms with Crippen LogP contribution in [-0.4, -0.2) is 33.1 Å². The molecule has 3 aromatic carbocycles. The van der Waals surface area contributed by atoms with Crippen LogP contribution in [0.15, 0.2) is 84.0 Å². The van der Waals surface area contributed by atoms with E-state index in [4.69, 9.17) is 15.3 Å². The summed E-state index contributed by atoms with van der Waals surface area (Å²) >= 11 is 1.22. The smallest absolute Gasteiger partial charge is 0.237 e. The Morgan fingerprint density at radius 1 is 0.970 bits per heavy atom. The number of hydrogen-bond acceptors (Lipinski definition) is 7. The summed E-state index contributed by atoms with van der Waals surface area (Å²) in [4.78, 5) is 12.7. The first-order valence-corrected chi connectivity index (χ1v) is 11.1. The maximum Gasteiger partial charge on any atom is 0.237 e. The molecular weight excluding hydrogens is 438 g/mol. The molecule has 4 rings (SSSR count). The lowest BCUT2D eigenvalue weighted by molar-refractivity contribution is -0.115. The Balaban J connectivity index is 1.39. The lowest BCUT2D eigenvalue weighted by Crippen LogP contribution is -2.23. The minimum Gasteiger partial charge on any atom is -0.496 e. The van der Waals surface area contributed by atoms with Crippen LogP contribution in [-0.2, 0) is 4.79 Å². The highest BCUT2D eigenvalue weighted by Gasteiger charge is 2.21. The first-order valence-electron chi connectivity index (χ1n) is 10.2. The van der Waals surface area contributed by atoms with Crippen molar-refractivity contribution in [3.05, 3.63) is 78.9 Å². The normalized spacial score (nSPS) is 11.6. The number of aromatic nitrogens is 3. The van der Waals surface area contributed by atoms with Gasteiger partial charge in [-0.1, -0.05) is 42.1 Å². The minimum absolute atomic E-state index is 0.182. The number of para-hydroxylation sites is 2. The summed E-state index contributed by atoms with van der Waals surface area (Å²) in [5.41, 5.74) is 1.38. The second-order valence-corrected chi connectivity index (χ2v) is 8.37. The van der Waals surface area contributed by atoms with Crippen LogP contribution in [0.25, 0.3) is 11.4 Å². The third kappa shape index (κ3) is 5.27. The molecule has 0 bridgehead atoms. The zero-order valence-corrected chi connectivity index (χ0v) is 19.0. The van der Waals surface area contributed by atoms with Crippen LogP contribution in [0.1, 0.15) is 6.92 Å². The number of nitrogens with two attached hydrogens (primary N) is 1. The molecule has 33 heavy (non-hydrogen) atoms. The van der Waals surface area contributed by atoms with Gasteiger partial charge in [-0.05, 0) is 55.5 Å². The van der Waals surface area contributed by atoms with Gasteiger partial charge in [-0.2, -0.15) is 0 Å². The van der Waals surface area contributed by atoms with E-state index in [0.29, 0.717) is 28.2 Å². The van der Waals surface area contributed by atoms with Gasteiger partial charge in [0, 0.05) is 5.69 Å². The summed E-state index contributed by atoms with van der Waals surface area (Å²) in [7, 11) is 1.58. The van der Waals surface area contributed by atoms with Crippen molar-refractivity contribution in [1.29, 1.82) is 0 Å². The van der Waals surface area contributed by atoms with Crippen LogP contribution in [0.2, 0.25) is 0 Å². The number of benzene rings is 3. The lowest BCUT2D eigenvalue weighted by atomic mass is 10.2. The molecule has 1 amide bonds. The quantitative estimate of drug-likeness (QED) is 0.292. The summed E-state index contributed by atoms with van der Waals surface area (Å²) in [6.45, 7) is 1.78. The van der Waals surface area contributed by atoms with Crippen molar-refractivity contribution in [2.75, 3.05) is 18.3 Å². The van der Waals surface area contributed by atoms with E-state index in [1.165, 1.54) is 16.4 Å². The number of carbonyl (C=O) groups excluding carboxylic acids is 1. The molecule has 1 heterocycles. The number of ether oxygens (including phenoxy) is 2. The van der Waals surface area contributed by atoms with Crippen molar-refractivity contribution in [2.45, 2.75) is 17.3 Å². The first kappa shape index (κ1) is 22.2. The Morgan fingerprint density at radius 3 is 2.36 bits per heavy atom. The van der Waals surface area contributed by atoms with E-state index in [9.17, 15) is 4.79 Å². The molecule has 0 aliphatic rings. The Labute approximate surface area is 195 Å². The highest BCUT2D eigenvalue weighted by molar-refractivity contribution is 8.00. The van der Waals surface area contributed by atoms with Crippen molar-refractivity contribution in [1.82, 2.24) is 14.9 Å². The Morgan fingerprint density at radius 2 is 1.64 bits per heavy atom. The van der Waals surface area contributed by atoms with Crippen LogP contribution >= 0.6 is 11.8 Å². The van der Waals surface area contributed by atoms with Gasteiger partial charge in [-0.25, -0.2) is 4.68 Å². The van der Waals surface area contributed by atoms with Crippen LogP contribution in [0.3, 0.4) is 0 Å². The van der Waals surface area contributed by atoms with Crippen LogP contribution in [0, 0.1) is 0 Å². The van der Waals surface area contributed by atoms with Gasteiger partial charge in [0.05, 0.1) is 17.9 Å². The van der Waals surface area contributed by atoms with Gasteiger partial charge in [0.25, 0.3) is 0 Å². The molecule has 1 aromatic heterocycles. The molecule has 0 saturated carbocycles. The van der Waals surface area contributed by atoms with Gasteiger partial charge >= 0.3 is 0 Å². The summed E-state index contributed by atoms with van der Waals surface area (Å²) in [5, 5.41) is 11.2. The minimum atomic E-state index is -0.456. The zero-order valence-electron chi connectivity index (χ0n) is 18.1. The van der Waals surface area contributed by atoms with Crippen LogP contribution in [0.5, 0.6) is 17.2 Å². The van der Waals surface area contributed by atoms with Gasteiger partial charge in [0.2, 0.25) is 11.1 Å². The highest BCUT2D eigenvalue weighted by Crippen LogP contribution is 2.31. The SMILES string of the molecule is COc1ccccc1-c1nnc(S[C@@H](C)C(=O)Nc2ccc(Oc3ccccc3)cc2)n1N. The number of nitrogens with one attached hydrogen (secondary N) is 1. The molecule has 0 unspecified atom stereocenters. The molecule has 0 fully saturated rings. The summed E-state index contributed by atoms with van der Waals surface area (Å²) in [5.74, 6) is 8.55. The Hall–Kier alpha value is -3.98. The van der Waals surface area contributed by atoms with E-state index < -0.39 is 5.25 Å². The van der Waals surface area contributed by atoms with E-state index in [2.05, 4.69) is 15.5 Å². The lowest BCUT2D eigenvalue weighted by Gasteiger charge is -2.12. The second kappa shape index (κ2) is 10.1. The predicted octanol–water partition coefficient (Wildman–Crippen LogP) is 4.58. The van der Waals surface area contributed by atoms with E-state index >= 15 is 0 Å². The molecule has 0 radical (unpaired) electrons. The summed E-state index contributed by atoms with van der Waals surface area (Å²) < 4.78 is 12.5. The van der Waals surface area contributed by atoms with Gasteiger partial charge < -0.3 is 20.6 Å². The average Bonchev–Trinajstić information content (AvgIpc) is 3.20. The number of hydrogen-bond donors (Lipinski definition) is 2. The van der Waals surface area contributed by atoms with E-state index in [1.54, 1.807) is 38.3 Å². The highest BCUT2D eigenvalue weighted by atomic mass is 32.2. The molecule has 9 heteroatoms. The van der Waals surface area contributed by atoms with Gasteiger partial charge in [0.1, 0.15) is 17.2 Å². The number of rotatable bonds is 8. The fourth-order valence-corrected chi connectivity index (χ4v) is 3.83. The van der Waals surface area contributed by atoms with E-state index in [1.807, 2.05) is 54.6 Å². The number of thioether (sulfide) groups is 1. The number of anilines is 1. The standard InChI is InChI=1S/C24H23N5O3S/c1-16(33-24-28-27-22(29(24)25)20-10-6-7-11-21(20)31-2)23(30)26-17-12-14-19(15-13-17)32-18-8-4-3-5-9-18/h3-16H,25H2,1-2H3,(H,26,30)/t16-/m0/s1. The second-order valence-electron chi connectivity index (χ2n) is 7.07. The maximum absolute atomic E-state index is 12.7. The van der Waals surface area contributed by atoms with Crippen molar-refractivity contribution >= 4 is 23.4 Å². The van der Waals surface area contributed by atoms with Crippen molar-refractivity contribution in [2.24, 2.45) is 0 Å². The summed E-state index contributed by atoms with van der Waals surface area (Å²) in [6.07, 6.45) is 0. The maximum atomic E-state index is 12.7. The Bertz CT molecular complexity index is 1230. The summed E-state index contributed by atoms with van der Waals surface area (Å²) in [6, 6.07) is 24.1. The number of carbonyl (C=O) groups is 1. The van der Waals surface area contributed by atoms with E-state index in [-0.39, 0.29) is 5.91 Å². The monoisotopic (exact) mass is 461 g/mol. The van der Waals surface area contributed by atoms with Gasteiger partial charge in [0.15, 0.2) is 5.82 Å². The fraction of sp³-hybridized carbons (Fsp3) is 0.125. The largest absolute Gasteiger partial charge is 0.496 e. The zero-order chi connectivity index (χ0) is 23.2. The molecule has 168 valence electrons. The fourth-order valence-electron chi connectivity index (χ4n) is 3.06. The van der Waals surface area contributed by atoms with Gasteiger partial charge in [-0.15, -0.1) is 10.2 Å². The molecule has 1 atom stereocenters. The van der Waals surface area contributed by atoms with E-state index in [0.717, 1.165) is 11.3 Å². The van der Waals surface area contributed by atoms with Crippen LogP contribution in [0.4, 0.5) is 5.69 Å². The molecule has 0 spiro atoms. The first-order chi connectivity index (χ1) is 16.0. The van der Waals surface area contributed by atoms with Crippen molar-refractivity contribution in [3.8, 4) is 28.6 Å². The molecule has 3 N–H and O–H groups in total. The molecule has 0 aliphatic carbocycles. The molecule has 4 aromatic rings. The average molecular weight is 462 g/mol. The van der Waals surface area contributed by atoms with Crippen molar-refractivity contribution < 1.29 is 14.3 Å². The number of amides is 1. The molecular formula is C24H23N5O3S. The van der Waals surface area contributed by atoms with Crippen LogP contribution < -0.4 is 20.6 Å².